The Bertz CT molecular complexity index is 772. The number of carbonyl (C=O) groups is 2. The molecule has 4 aliphatic rings. The van der Waals surface area contributed by atoms with E-state index in [9.17, 15) is 9.59 Å². The van der Waals surface area contributed by atoms with Gasteiger partial charge in [-0.2, -0.15) is 0 Å². The van der Waals surface area contributed by atoms with E-state index in [2.05, 4.69) is 4.98 Å². The Morgan fingerprint density at radius 2 is 2.07 bits per heavy atom. The molecule has 0 N–H and O–H groups in total. The molecule has 3 saturated heterocycles. The molecule has 0 aromatic carbocycles. The molecule has 4 fully saturated rings. The number of ether oxygens (including phenoxy) is 1. The molecule has 6 nitrogen and oxygen atoms in total. The van der Waals surface area contributed by atoms with Crippen molar-refractivity contribution in [1.29, 1.82) is 0 Å². The fourth-order valence-corrected chi connectivity index (χ4v) is 5.44. The number of nitrogens with zero attached hydrogens (tertiary/aromatic N) is 3. The zero-order valence-corrected chi connectivity index (χ0v) is 15.9. The van der Waals surface area contributed by atoms with Crippen LogP contribution in [0.15, 0.2) is 18.2 Å². The van der Waals surface area contributed by atoms with Crippen molar-refractivity contribution in [3.8, 4) is 0 Å². The van der Waals surface area contributed by atoms with E-state index in [1.54, 1.807) is 0 Å². The van der Waals surface area contributed by atoms with E-state index in [0.717, 1.165) is 57.0 Å². The van der Waals surface area contributed by atoms with Crippen molar-refractivity contribution in [2.75, 3.05) is 32.8 Å². The maximum Gasteiger partial charge on any atom is 0.231 e. The molecule has 2 amide bonds. The van der Waals surface area contributed by atoms with Gasteiger partial charge in [-0.15, -0.1) is 0 Å². The lowest BCUT2D eigenvalue weighted by atomic mass is 9.78. The summed E-state index contributed by atoms with van der Waals surface area (Å²) in [6.07, 6.45) is 2.67. The minimum atomic E-state index is -0.377. The molecule has 1 aromatic heterocycles. The second-order valence-corrected chi connectivity index (χ2v) is 8.78. The van der Waals surface area contributed by atoms with E-state index >= 15 is 0 Å². The van der Waals surface area contributed by atoms with E-state index < -0.39 is 0 Å². The van der Waals surface area contributed by atoms with Gasteiger partial charge in [0.05, 0.1) is 30.9 Å². The van der Waals surface area contributed by atoms with Crippen LogP contribution >= 0.6 is 0 Å². The Morgan fingerprint density at radius 3 is 2.85 bits per heavy atom. The number of aryl methyl sites for hydroxylation is 1. The summed E-state index contributed by atoms with van der Waals surface area (Å²) in [6, 6.07) is 5.95. The highest BCUT2D eigenvalue weighted by atomic mass is 16.5. The van der Waals surface area contributed by atoms with Gasteiger partial charge in [-0.05, 0) is 50.2 Å². The summed E-state index contributed by atoms with van der Waals surface area (Å²) in [5, 5.41) is 0. The largest absolute Gasteiger partial charge is 0.381 e. The predicted molar refractivity (Wildman–Crippen MR) is 98.5 cm³/mol. The van der Waals surface area contributed by atoms with Crippen molar-refractivity contribution in [2.45, 2.75) is 32.7 Å². The van der Waals surface area contributed by atoms with Gasteiger partial charge in [0.2, 0.25) is 11.8 Å². The van der Waals surface area contributed by atoms with Crippen LogP contribution in [0.25, 0.3) is 0 Å². The highest BCUT2D eigenvalue weighted by Crippen LogP contribution is 2.52. The maximum atomic E-state index is 13.3. The monoisotopic (exact) mass is 369 g/mol. The molecule has 1 saturated carbocycles. The van der Waals surface area contributed by atoms with Crippen molar-refractivity contribution in [2.24, 2.45) is 23.2 Å². The van der Waals surface area contributed by atoms with Crippen LogP contribution in [0.3, 0.4) is 0 Å². The molecule has 3 aliphatic heterocycles. The SMILES string of the molecule is Cc1cccc(CN2CCC3(CCCN(C(=O)C4[C@H]5COC[C@@H]45)C3)C2=O)n1. The number of amides is 2. The molecular formula is C21H27N3O3. The van der Waals surface area contributed by atoms with Gasteiger partial charge in [-0.1, -0.05) is 6.07 Å². The third-order valence-corrected chi connectivity index (χ3v) is 7.03. The molecule has 0 bridgehead atoms. The molecule has 4 heterocycles. The molecule has 144 valence electrons. The standard InChI is InChI=1S/C21H27N3O3/c1-14-4-2-5-15(22-14)10-23-9-7-21(20(23)26)6-3-8-24(13-21)19(25)18-16-11-27-12-17(16)18/h2,4-5,16-18H,3,6-13H2,1H3/t16-,17+,18?,21?. The average molecular weight is 369 g/mol. The van der Waals surface area contributed by atoms with Crippen LogP contribution in [0.5, 0.6) is 0 Å². The van der Waals surface area contributed by atoms with Crippen molar-refractivity contribution >= 4 is 11.8 Å². The number of aromatic nitrogens is 1. The highest BCUT2D eigenvalue weighted by molar-refractivity contribution is 5.87. The number of piperidine rings is 1. The average Bonchev–Trinajstić information content (AvgIpc) is 2.99. The first-order chi connectivity index (χ1) is 13.1. The van der Waals surface area contributed by atoms with Crippen LogP contribution in [0.4, 0.5) is 0 Å². The Balaban J connectivity index is 1.27. The number of rotatable bonds is 3. The van der Waals surface area contributed by atoms with E-state index in [0.29, 0.717) is 24.9 Å². The smallest absolute Gasteiger partial charge is 0.231 e. The second kappa shape index (κ2) is 6.30. The lowest BCUT2D eigenvalue weighted by Gasteiger charge is -2.39. The van der Waals surface area contributed by atoms with Crippen molar-refractivity contribution in [3.05, 3.63) is 29.6 Å². The first-order valence-electron chi connectivity index (χ1n) is 10.2. The van der Waals surface area contributed by atoms with Crippen LogP contribution in [-0.4, -0.2) is 59.4 Å². The number of hydrogen-bond donors (Lipinski definition) is 0. The molecule has 0 radical (unpaired) electrons. The fourth-order valence-electron chi connectivity index (χ4n) is 5.44. The van der Waals surface area contributed by atoms with Gasteiger partial charge in [0.25, 0.3) is 0 Å². The Morgan fingerprint density at radius 1 is 1.26 bits per heavy atom. The number of fused-ring (bicyclic) bond motifs is 1. The summed E-state index contributed by atoms with van der Waals surface area (Å²) in [7, 11) is 0. The van der Waals surface area contributed by atoms with E-state index in [-0.39, 0.29) is 23.1 Å². The van der Waals surface area contributed by atoms with Crippen LogP contribution in [0, 0.1) is 30.1 Å². The molecular weight excluding hydrogens is 342 g/mol. The number of hydrogen-bond acceptors (Lipinski definition) is 4. The molecule has 27 heavy (non-hydrogen) atoms. The molecule has 5 rings (SSSR count). The van der Waals surface area contributed by atoms with E-state index in [1.807, 2.05) is 34.9 Å². The van der Waals surface area contributed by atoms with Gasteiger partial charge in [0, 0.05) is 31.2 Å². The molecule has 1 spiro atoms. The number of pyridine rings is 1. The summed E-state index contributed by atoms with van der Waals surface area (Å²) >= 11 is 0. The first kappa shape index (κ1) is 17.2. The van der Waals surface area contributed by atoms with Crippen molar-refractivity contribution < 1.29 is 14.3 Å². The zero-order chi connectivity index (χ0) is 18.6. The van der Waals surface area contributed by atoms with Gasteiger partial charge in [0.1, 0.15) is 0 Å². The lowest BCUT2D eigenvalue weighted by Crippen LogP contribution is -2.50. The van der Waals surface area contributed by atoms with Crippen LogP contribution in [0.2, 0.25) is 0 Å². The summed E-state index contributed by atoms with van der Waals surface area (Å²) < 4.78 is 5.43. The summed E-state index contributed by atoms with van der Waals surface area (Å²) in [5.41, 5.74) is 1.54. The predicted octanol–water partition coefficient (Wildman–Crippen LogP) is 1.62. The van der Waals surface area contributed by atoms with Crippen LogP contribution < -0.4 is 0 Å². The highest BCUT2D eigenvalue weighted by Gasteiger charge is 2.60. The molecule has 1 aromatic rings. The Kier molecular flexibility index (Phi) is 4.00. The molecule has 2 unspecified atom stereocenters. The summed E-state index contributed by atoms with van der Waals surface area (Å²) in [6.45, 7) is 6.16. The van der Waals surface area contributed by atoms with Crippen molar-refractivity contribution in [1.82, 2.24) is 14.8 Å². The van der Waals surface area contributed by atoms with Crippen molar-refractivity contribution in [3.63, 3.8) is 0 Å². The van der Waals surface area contributed by atoms with Gasteiger partial charge < -0.3 is 14.5 Å². The normalized spacial score (nSPS) is 35.0. The topological polar surface area (TPSA) is 62.7 Å². The third kappa shape index (κ3) is 2.85. The molecule has 1 aliphatic carbocycles. The Labute approximate surface area is 159 Å². The third-order valence-electron chi connectivity index (χ3n) is 7.03. The van der Waals surface area contributed by atoms with Gasteiger partial charge in [-0.3, -0.25) is 14.6 Å². The summed E-state index contributed by atoms with van der Waals surface area (Å²) in [5.74, 6) is 1.48. The minimum absolute atomic E-state index is 0.151. The first-order valence-corrected chi connectivity index (χ1v) is 10.2. The van der Waals surface area contributed by atoms with Crippen LogP contribution in [-0.2, 0) is 20.9 Å². The quantitative estimate of drug-likeness (QED) is 0.812. The molecule has 4 atom stereocenters. The van der Waals surface area contributed by atoms with Gasteiger partial charge in [-0.25, -0.2) is 0 Å². The second-order valence-electron chi connectivity index (χ2n) is 8.78. The van der Waals surface area contributed by atoms with Gasteiger partial charge in [0.15, 0.2) is 0 Å². The molecule has 6 heteroatoms. The van der Waals surface area contributed by atoms with Gasteiger partial charge >= 0.3 is 0 Å². The van der Waals surface area contributed by atoms with Crippen LogP contribution in [0.1, 0.15) is 30.7 Å². The minimum Gasteiger partial charge on any atom is -0.381 e. The zero-order valence-electron chi connectivity index (χ0n) is 15.9. The summed E-state index contributed by atoms with van der Waals surface area (Å²) in [4.78, 5) is 34.7. The van der Waals surface area contributed by atoms with E-state index in [4.69, 9.17) is 4.74 Å². The fraction of sp³-hybridized carbons (Fsp3) is 0.667. The number of likely N-dealkylation sites (tertiary alicyclic amines) is 2. The lowest BCUT2D eigenvalue weighted by molar-refractivity contribution is -0.145. The number of carbonyl (C=O) groups excluding carboxylic acids is 2. The Hall–Kier alpha value is -1.95. The maximum absolute atomic E-state index is 13.3. The van der Waals surface area contributed by atoms with E-state index in [1.165, 1.54) is 0 Å².